The molecule has 0 aromatic carbocycles. The van der Waals surface area contributed by atoms with Gasteiger partial charge in [0.15, 0.2) is 0 Å². The Balaban J connectivity index is 2.33. The molecule has 18 heavy (non-hydrogen) atoms. The fourth-order valence-corrected chi connectivity index (χ4v) is 3.83. The number of rotatable bonds is 3. The summed E-state index contributed by atoms with van der Waals surface area (Å²) in [5.41, 5.74) is 0.527. The van der Waals surface area contributed by atoms with Gasteiger partial charge in [0.1, 0.15) is 0 Å². The Hall–Kier alpha value is -1.43. The van der Waals surface area contributed by atoms with E-state index in [9.17, 15) is 18.0 Å². The van der Waals surface area contributed by atoms with E-state index >= 15 is 0 Å². The van der Waals surface area contributed by atoms with Gasteiger partial charge in [-0.2, -0.15) is 4.31 Å². The van der Waals surface area contributed by atoms with Crippen LogP contribution >= 0.6 is 0 Å². The highest BCUT2D eigenvalue weighted by Crippen LogP contribution is 2.34. The van der Waals surface area contributed by atoms with Gasteiger partial charge in [-0.1, -0.05) is 25.5 Å². The molecule has 0 aromatic rings. The minimum Gasteiger partial charge on any atom is -0.273 e. The summed E-state index contributed by atoms with van der Waals surface area (Å²) in [5, 5.41) is 0. The Morgan fingerprint density at radius 2 is 2.17 bits per heavy atom. The van der Waals surface area contributed by atoms with Crippen molar-refractivity contribution < 1.29 is 18.0 Å². The predicted octanol–water partition coefficient (Wildman–Crippen LogP) is 1.48. The third-order valence-electron chi connectivity index (χ3n) is 3.07. The van der Waals surface area contributed by atoms with Gasteiger partial charge in [-0.05, 0) is 12.0 Å². The van der Waals surface area contributed by atoms with E-state index in [2.05, 4.69) is 0 Å². The maximum absolute atomic E-state index is 12.2. The maximum Gasteiger partial charge on any atom is 0.269 e. The van der Waals surface area contributed by atoms with Crippen molar-refractivity contribution in [1.29, 1.82) is 0 Å². The van der Waals surface area contributed by atoms with Gasteiger partial charge in [0.25, 0.3) is 10.0 Å². The number of nitrogens with zero attached hydrogens (tertiary/aromatic N) is 1. The maximum atomic E-state index is 12.2. The molecule has 2 amide bonds. The van der Waals surface area contributed by atoms with Crippen LogP contribution in [0.1, 0.15) is 39.0 Å². The highest BCUT2D eigenvalue weighted by Gasteiger charge is 2.42. The van der Waals surface area contributed by atoms with Crippen LogP contribution in [0, 0.1) is 0 Å². The van der Waals surface area contributed by atoms with E-state index in [0.29, 0.717) is 16.3 Å². The molecule has 2 aliphatic rings. The van der Waals surface area contributed by atoms with Crippen LogP contribution in [0.3, 0.4) is 0 Å². The number of imide groups is 1. The van der Waals surface area contributed by atoms with Crippen molar-refractivity contribution >= 4 is 21.8 Å². The highest BCUT2D eigenvalue weighted by atomic mass is 32.2. The van der Waals surface area contributed by atoms with Crippen LogP contribution in [-0.4, -0.2) is 24.5 Å². The summed E-state index contributed by atoms with van der Waals surface area (Å²) in [4.78, 5) is 23.9. The van der Waals surface area contributed by atoms with E-state index in [1.165, 1.54) is 0 Å². The minimum atomic E-state index is -3.93. The first-order valence-corrected chi connectivity index (χ1v) is 7.42. The first-order chi connectivity index (χ1) is 8.48. The SMILES string of the molecule is CCCCC(=O)N1C(=O)CC2=C(CC=C2)S1(=O)=O. The molecule has 0 radical (unpaired) electrons. The first-order valence-electron chi connectivity index (χ1n) is 5.98. The average molecular weight is 269 g/mol. The van der Waals surface area contributed by atoms with Crippen LogP contribution in [-0.2, 0) is 19.6 Å². The smallest absolute Gasteiger partial charge is 0.269 e. The second-order valence-corrected chi connectivity index (χ2v) is 6.20. The van der Waals surface area contributed by atoms with Gasteiger partial charge < -0.3 is 0 Å². The molecule has 0 bridgehead atoms. The fraction of sp³-hybridized carbons (Fsp3) is 0.500. The number of hydrogen-bond acceptors (Lipinski definition) is 4. The van der Waals surface area contributed by atoms with Crippen molar-refractivity contribution in [1.82, 2.24) is 4.31 Å². The Morgan fingerprint density at radius 3 is 2.83 bits per heavy atom. The summed E-state index contributed by atoms with van der Waals surface area (Å²) in [6.07, 6.45) is 5.10. The van der Waals surface area contributed by atoms with E-state index in [4.69, 9.17) is 0 Å². The number of sulfonamides is 1. The number of allylic oxidation sites excluding steroid dienone is 3. The largest absolute Gasteiger partial charge is 0.273 e. The lowest BCUT2D eigenvalue weighted by atomic mass is 10.2. The summed E-state index contributed by atoms with van der Waals surface area (Å²) in [7, 11) is -3.93. The van der Waals surface area contributed by atoms with Crippen molar-refractivity contribution in [2.45, 2.75) is 39.0 Å². The molecular formula is C12H15NO4S. The van der Waals surface area contributed by atoms with Crippen LogP contribution in [0.2, 0.25) is 0 Å². The minimum absolute atomic E-state index is 0.00291. The van der Waals surface area contributed by atoms with E-state index in [0.717, 1.165) is 6.42 Å². The third-order valence-corrected chi connectivity index (χ3v) is 5.01. The zero-order valence-electron chi connectivity index (χ0n) is 10.2. The molecule has 2 rings (SSSR count). The lowest BCUT2D eigenvalue weighted by Gasteiger charge is -2.26. The topological polar surface area (TPSA) is 71.5 Å². The molecule has 98 valence electrons. The van der Waals surface area contributed by atoms with Gasteiger partial charge in [-0.15, -0.1) is 0 Å². The molecule has 0 unspecified atom stereocenters. The van der Waals surface area contributed by atoms with Crippen LogP contribution in [0.5, 0.6) is 0 Å². The number of carbonyl (C=O) groups is 2. The molecule has 1 aliphatic heterocycles. The Morgan fingerprint density at radius 1 is 1.44 bits per heavy atom. The summed E-state index contributed by atoms with van der Waals surface area (Å²) in [6.45, 7) is 1.90. The highest BCUT2D eigenvalue weighted by molar-refractivity contribution is 7.94. The lowest BCUT2D eigenvalue weighted by molar-refractivity contribution is -0.138. The molecule has 1 heterocycles. The first kappa shape index (κ1) is 13.0. The van der Waals surface area contributed by atoms with Crippen LogP contribution in [0.25, 0.3) is 0 Å². The van der Waals surface area contributed by atoms with Gasteiger partial charge >= 0.3 is 0 Å². The van der Waals surface area contributed by atoms with Gasteiger partial charge in [-0.25, -0.2) is 8.42 Å². The van der Waals surface area contributed by atoms with Gasteiger partial charge in [0.2, 0.25) is 11.8 Å². The van der Waals surface area contributed by atoms with Crippen molar-refractivity contribution in [2.75, 3.05) is 0 Å². The predicted molar refractivity (Wildman–Crippen MR) is 65.7 cm³/mol. The molecule has 0 fully saturated rings. The monoisotopic (exact) mass is 269 g/mol. The molecular weight excluding hydrogens is 254 g/mol. The van der Waals surface area contributed by atoms with Crippen molar-refractivity contribution in [3.05, 3.63) is 22.6 Å². The molecule has 0 saturated carbocycles. The standard InChI is InChI=1S/C12H15NO4S/c1-2-3-7-11(14)13-12(15)8-9-5-4-6-10(9)18(13,16)17/h4-5H,2-3,6-8H2,1H3. The number of carbonyl (C=O) groups excluding carboxylic acids is 2. The van der Waals surface area contributed by atoms with E-state index in [1.54, 1.807) is 12.2 Å². The fourth-order valence-electron chi connectivity index (χ4n) is 2.14. The van der Waals surface area contributed by atoms with Crippen LogP contribution in [0.4, 0.5) is 0 Å². The van der Waals surface area contributed by atoms with Gasteiger partial charge in [0, 0.05) is 12.8 Å². The van der Waals surface area contributed by atoms with Crippen molar-refractivity contribution in [3.63, 3.8) is 0 Å². The Labute approximate surface area is 106 Å². The molecule has 1 aliphatic carbocycles. The molecule has 6 heteroatoms. The number of amides is 2. The van der Waals surface area contributed by atoms with Crippen LogP contribution < -0.4 is 0 Å². The van der Waals surface area contributed by atoms with E-state index in [-0.39, 0.29) is 24.2 Å². The zero-order valence-corrected chi connectivity index (χ0v) is 11.0. The third kappa shape index (κ3) is 2.01. The van der Waals surface area contributed by atoms with E-state index in [1.807, 2.05) is 6.92 Å². The molecule has 0 aromatic heterocycles. The molecule has 5 nitrogen and oxygen atoms in total. The van der Waals surface area contributed by atoms with Gasteiger partial charge in [0.05, 0.1) is 11.3 Å². The Bertz CT molecular complexity index is 557. The van der Waals surface area contributed by atoms with Crippen molar-refractivity contribution in [2.24, 2.45) is 0 Å². The summed E-state index contributed by atoms with van der Waals surface area (Å²) >= 11 is 0. The second-order valence-electron chi connectivity index (χ2n) is 4.39. The normalized spacial score (nSPS) is 21.4. The molecule has 0 saturated heterocycles. The average Bonchev–Trinajstić information content (AvgIpc) is 2.74. The van der Waals surface area contributed by atoms with Crippen LogP contribution in [0.15, 0.2) is 22.6 Å². The quantitative estimate of drug-likeness (QED) is 0.778. The van der Waals surface area contributed by atoms with E-state index < -0.39 is 21.8 Å². The Kier molecular flexibility index (Phi) is 3.38. The van der Waals surface area contributed by atoms with Gasteiger partial charge in [-0.3, -0.25) is 9.59 Å². The number of unbranched alkanes of at least 4 members (excludes halogenated alkanes) is 1. The van der Waals surface area contributed by atoms with Crippen molar-refractivity contribution in [3.8, 4) is 0 Å². The molecule has 0 N–H and O–H groups in total. The summed E-state index contributed by atoms with van der Waals surface area (Å²) in [5.74, 6) is -1.25. The molecule has 0 atom stereocenters. The second kappa shape index (κ2) is 4.68. The lowest BCUT2D eigenvalue weighted by Crippen LogP contribution is -2.44. The zero-order chi connectivity index (χ0) is 13.3. The molecule has 0 spiro atoms. The summed E-state index contributed by atoms with van der Waals surface area (Å²) < 4.78 is 24.9. The summed E-state index contributed by atoms with van der Waals surface area (Å²) in [6, 6.07) is 0. The number of hydrogen-bond donors (Lipinski definition) is 0.